The summed E-state index contributed by atoms with van der Waals surface area (Å²) >= 11 is 0. The average molecular weight is 270 g/mol. The standard InChI is InChI=1S/C15H14N2O3/c1-20-13-6-4-11(5-7-13)9-14(18)17-15(19)12-3-2-8-16-10-12/h2-8,10H,9H2,1H3,(H,17,18,19). The van der Waals surface area contributed by atoms with Crippen molar-refractivity contribution >= 4 is 11.8 Å². The second kappa shape index (κ2) is 6.47. The van der Waals surface area contributed by atoms with Crippen LogP contribution in [-0.4, -0.2) is 23.9 Å². The molecule has 20 heavy (non-hydrogen) atoms. The Morgan fingerprint density at radius 1 is 1.20 bits per heavy atom. The van der Waals surface area contributed by atoms with Crippen molar-refractivity contribution in [1.29, 1.82) is 0 Å². The quantitative estimate of drug-likeness (QED) is 0.916. The number of benzene rings is 1. The number of hydrogen-bond donors (Lipinski definition) is 1. The van der Waals surface area contributed by atoms with E-state index >= 15 is 0 Å². The number of carbonyl (C=O) groups is 2. The van der Waals surface area contributed by atoms with Gasteiger partial charge < -0.3 is 4.74 Å². The zero-order valence-electron chi connectivity index (χ0n) is 11.0. The highest BCUT2D eigenvalue weighted by atomic mass is 16.5. The molecule has 1 aromatic heterocycles. The summed E-state index contributed by atoms with van der Waals surface area (Å²) in [6, 6.07) is 10.4. The number of ether oxygens (including phenoxy) is 1. The normalized spacial score (nSPS) is 9.85. The fraction of sp³-hybridized carbons (Fsp3) is 0.133. The van der Waals surface area contributed by atoms with E-state index in [0.717, 1.165) is 11.3 Å². The Balaban J connectivity index is 1.93. The first kappa shape index (κ1) is 13.7. The molecule has 0 aliphatic heterocycles. The van der Waals surface area contributed by atoms with Crippen molar-refractivity contribution < 1.29 is 14.3 Å². The molecule has 0 saturated heterocycles. The third kappa shape index (κ3) is 3.65. The number of amides is 2. The van der Waals surface area contributed by atoms with Crippen LogP contribution in [0.4, 0.5) is 0 Å². The number of methoxy groups -OCH3 is 1. The lowest BCUT2D eigenvalue weighted by atomic mass is 10.1. The summed E-state index contributed by atoms with van der Waals surface area (Å²) in [6.45, 7) is 0. The number of carbonyl (C=O) groups excluding carboxylic acids is 2. The van der Waals surface area contributed by atoms with E-state index in [1.54, 1.807) is 49.7 Å². The molecule has 0 radical (unpaired) electrons. The number of nitrogens with one attached hydrogen (secondary N) is 1. The molecule has 1 heterocycles. The summed E-state index contributed by atoms with van der Waals surface area (Å²) in [5.74, 6) is -0.0822. The molecule has 0 fully saturated rings. The highest BCUT2D eigenvalue weighted by molar-refractivity contribution is 6.04. The first-order chi connectivity index (χ1) is 9.69. The van der Waals surface area contributed by atoms with Crippen molar-refractivity contribution in [2.24, 2.45) is 0 Å². The van der Waals surface area contributed by atoms with E-state index in [1.807, 2.05) is 0 Å². The molecule has 0 unspecified atom stereocenters. The first-order valence-electron chi connectivity index (χ1n) is 6.06. The Bertz CT molecular complexity index is 594. The Morgan fingerprint density at radius 2 is 1.95 bits per heavy atom. The molecule has 0 spiro atoms. The van der Waals surface area contributed by atoms with Crippen molar-refractivity contribution in [1.82, 2.24) is 10.3 Å². The molecule has 2 amide bonds. The molecule has 0 saturated carbocycles. The van der Waals surface area contributed by atoms with E-state index in [1.165, 1.54) is 6.20 Å². The number of nitrogens with zero attached hydrogens (tertiary/aromatic N) is 1. The van der Waals surface area contributed by atoms with Gasteiger partial charge in [-0.1, -0.05) is 12.1 Å². The van der Waals surface area contributed by atoms with E-state index < -0.39 is 5.91 Å². The van der Waals surface area contributed by atoms with Gasteiger partial charge in [0.2, 0.25) is 5.91 Å². The van der Waals surface area contributed by atoms with Gasteiger partial charge in [-0.25, -0.2) is 0 Å². The lowest BCUT2D eigenvalue weighted by Crippen LogP contribution is -2.31. The zero-order chi connectivity index (χ0) is 14.4. The Labute approximate surface area is 116 Å². The molecule has 2 rings (SSSR count). The zero-order valence-corrected chi connectivity index (χ0v) is 11.0. The van der Waals surface area contributed by atoms with E-state index in [-0.39, 0.29) is 12.3 Å². The Morgan fingerprint density at radius 3 is 2.55 bits per heavy atom. The third-order valence-corrected chi connectivity index (χ3v) is 2.70. The maximum Gasteiger partial charge on any atom is 0.259 e. The predicted molar refractivity (Wildman–Crippen MR) is 73.4 cm³/mol. The van der Waals surface area contributed by atoms with Crippen molar-refractivity contribution in [2.75, 3.05) is 7.11 Å². The minimum atomic E-state index is -0.448. The summed E-state index contributed by atoms with van der Waals surface area (Å²) in [5, 5.41) is 2.32. The van der Waals surface area contributed by atoms with Crippen LogP contribution in [0, 0.1) is 0 Å². The van der Waals surface area contributed by atoms with Crippen molar-refractivity contribution in [3.8, 4) is 5.75 Å². The molecule has 5 nitrogen and oxygen atoms in total. The van der Waals surface area contributed by atoms with E-state index in [4.69, 9.17) is 4.74 Å². The molecular formula is C15H14N2O3. The number of rotatable bonds is 4. The lowest BCUT2D eigenvalue weighted by Gasteiger charge is -2.05. The highest BCUT2D eigenvalue weighted by Gasteiger charge is 2.10. The summed E-state index contributed by atoms with van der Waals surface area (Å²) in [4.78, 5) is 27.4. The number of aromatic nitrogens is 1. The van der Waals surface area contributed by atoms with Crippen molar-refractivity contribution in [3.05, 3.63) is 59.9 Å². The molecular weight excluding hydrogens is 256 g/mol. The molecule has 0 bridgehead atoms. The van der Waals surface area contributed by atoms with E-state index in [2.05, 4.69) is 10.3 Å². The molecule has 0 aliphatic rings. The topological polar surface area (TPSA) is 68.3 Å². The Hall–Kier alpha value is -2.69. The molecule has 5 heteroatoms. The van der Waals surface area contributed by atoms with Crippen LogP contribution in [0.2, 0.25) is 0 Å². The molecule has 1 N–H and O–H groups in total. The van der Waals surface area contributed by atoms with Crippen LogP contribution in [0.3, 0.4) is 0 Å². The number of pyridine rings is 1. The van der Waals surface area contributed by atoms with E-state index in [0.29, 0.717) is 5.56 Å². The van der Waals surface area contributed by atoms with Gasteiger partial charge in [-0.15, -0.1) is 0 Å². The number of imide groups is 1. The molecule has 1 aromatic carbocycles. The SMILES string of the molecule is COc1ccc(CC(=O)NC(=O)c2cccnc2)cc1. The molecule has 0 aliphatic carbocycles. The van der Waals surface area contributed by atoms with Gasteiger partial charge >= 0.3 is 0 Å². The highest BCUT2D eigenvalue weighted by Crippen LogP contribution is 2.11. The summed E-state index contributed by atoms with van der Waals surface area (Å²) in [5.41, 5.74) is 1.16. The van der Waals surface area contributed by atoms with Gasteiger partial charge in [0.15, 0.2) is 0 Å². The Kier molecular flexibility index (Phi) is 4.44. The van der Waals surface area contributed by atoms with Crippen LogP contribution in [0.5, 0.6) is 5.75 Å². The van der Waals surface area contributed by atoms with Crippen LogP contribution >= 0.6 is 0 Å². The second-order valence-corrected chi connectivity index (χ2v) is 4.14. The second-order valence-electron chi connectivity index (χ2n) is 4.14. The van der Waals surface area contributed by atoms with E-state index in [9.17, 15) is 9.59 Å². The van der Waals surface area contributed by atoms with Crippen molar-refractivity contribution in [3.63, 3.8) is 0 Å². The first-order valence-corrected chi connectivity index (χ1v) is 6.06. The third-order valence-electron chi connectivity index (χ3n) is 2.70. The summed E-state index contributed by atoms with van der Waals surface area (Å²) < 4.78 is 5.03. The van der Waals surface area contributed by atoms with Crippen LogP contribution in [0.1, 0.15) is 15.9 Å². The van der Waals surface area contributed by atoms with Crippen LogP contribution < -0.4 is 10.1 Å². The lowest BCUT2D eigenvalue weighted by molar-refractivity contribution is -0.119. The van der Waals surface area contributed by atoms with Gasteiger partial charge in [-0.2, -0.15) is 0 Å². The van der Waals surface area contributed by atoms with Crippen molar-refractivity contribution in [2.45, 2.75) is 6.42 Å². The van der Waals surface area contributed by atoms with Gasteiger partial charge in [0.05, 0.1) is 19.1 Å². The largest absolute Gasteiger partial charge is 0.497 e. The fourth-order valence-corrected chi connectivity index (χ4v) is 1.67. The summed E-state index contributed by atoms with van der Waals surface area (Å²) in [7, 11) is 1.58. The minimum Gasteiger partial charge on any atom is -0.497 e. The minimum absolute atomic E-state index is 0.135. The average Bonchev–Trinajstić information content (AvgIpc) is 2.49. The fourth-order valence-electron chi connectivity index (χ4n) is 1.67. The predicted octanol–water partition coefficient (Wildman–Crippen LogP) is 1.59. The van der Waals surface area contributed by atoms with Gasteiger partial charge in [-0.3, -0.25) is 19.9 Å². The molecule has 102 valence electrons. The monoisotopic (exact) mass is 270 g/mol. The maximum absolute atomic E-state index is 11.8. The molecule has 2 aromatic rings. The van der Waals surface area contributed by atoms with Gasteiger partial charge in [-0.05, 0) is 29.8 Å². The molecule has 0 atom stereocenters. The van der Waals surface area contributed by atoms with Crippen LogP contribution in [-0.2, 0) is 11.2 Å². The van der Waals surface area contributed by atoms with Gasteiger partial charge in [0, 0.05) is 12.4 Å². The number of hydrogen-bond acceptors (Lipinski definition) is 4. The van der Waals surface area contributed by atoms with Gasteiger partial charge in [0.1, 0.15) is 5.75 Å². The van der Waals surface area contributed by atoms with Crippen LogP contribution in [0.25, 0.3) is 0 Å². The smallest absolute Gasteiger partial charge is 0.259 e. The van der Waals surface area contributed by atoms with Crippen LogP contribution in [0.15, 0.2) is 48.8 Å². The summed E-state index contributed by atoms with van der Waals surface area (Å²) in [6.07, 6.45) is 3.11. The van der Waals surface area contributed by atoms with Gasteiger partial charge in [0.25, 0.3) is 5.91 Å². The maximum atomic E-state index is 11.8.